The fraction of sp³-hybridized carbons (Fsp3) is 0.391. The predicted octanol–water partition coefficient (Wildman–Crippen LogP) is 3.02. The molecule has 2 aliphatic heterocycles. The molecule has 1 aromatic carbocycles. The van der Waals surface area contributed by atoms with E-state index in [0.717, 1.165) is 11.1 Å². The molecule has 0 aliphatic carbocycles. The van der Waals surface area contributed by atoms with Crippen molar-refractivity contribution in [3.05, 3.63) is 74.2 Å². The zero-order valence-electron chi connectivity index (χ0n) is 17.1. The summed E-state index contributed by atoms with van der Waals surface area (Å²) in [6.45, 7) is 12.0. The number of hydrogen-bond donors (Lipinski definition) is 1. The summed E-state index contributed by atoms with van der Waals surface area (Å²) < 4.78 is 7.45. The Morgan fingerprint density at radius 2 is 2.00 bits per heavy atom. The van der Waals surface area contributed by atoms with Crippen molar-refractivity contribution in [3.63, 3.8) is 0 Å². The molecular weight excluding hydrogens is 368 g/mol. The maximum atomic E-state index is 13.2. The first kappa shape index (κ1) is 19.5. The Bertz CT molecular complexity index is 1080. The maximum absolute atomic E-state index is 13.2. The molecule has 0 saturated carbocycles. The zero-order chi connectivity index (χ0) is 20.9. The van der Waals surface area contributed by atoms with Crippen molar-refractivity contribution >= 4 is 5.91 Å². The Morgan fingerprint density at radius 1 is 1.24 bits per heavy atom. The first-order valence-corrected chi connectivity index (χ1v) is 9.86. The van der Waals surface area contributed by atoms with Gasteiger partial charge < -0.3 is 19.3 Å². The van der Waals surface area contributed by atoms with Crippen LogP contribution in [-0.4, -0.2) is 33.6 Å². The van der Waals surface area contributed by atoms with Crippen LogP contribution in [0, 0.1) is 13.8 Å². The number of carbonyl (C=O) groups excluding carboxylic acids is 1. The van der Waals surface area contributed by atoms with Crippen LogP contribution in [0.4, 0.5) is 0 Å². The Hall–Kier alpha value is -2.86. The minimum absolute atomic E-state index is 0.0646. The standard InChI is InChI=1S/C23H26N2O4/c1-13(2)17-11-29-12-18-19(17)21(26)22(27)20-23(28)24(7-8-25(18)20)10-16-6-5-14(3)15(4)9-16/h5-6,9,17,27H,1,7-8,10-12H2,2-4H3. The van der Waals surface area contributed by atoms with Gasteiger partial charge in [0.25, 0.3) is 5.91 Å². The minimum atomic E-state index is -0.482. The maximum Gasteiger partial charge on any atom is 0.274 e. The second-order valence-electron chi connectivity index (χ2n) is 8.10. The summed E-state index contributed by atoms with van der Waals surface area (Å²) >= 11 is 0. The van der Waals surface area contributed by atoms with Crippen LogP contribution in [-0.2, 0) is 24.4 Å². The van der Waals surface area contributed by atoms with E-state index in [9.17, 15) is 14.7 Å². The summed E-state index contributed by atoms with van der Waals surface area (Å²) in [5, 5.41) is 10.7. The van der Waals surface area contributed by atoms with E-state index in [0.29, 0.717) is 37.5 Å². The summed E-state index contributed by atoms with van der Waals surface area (Å²) in [4.78, 5) is 27.8. The lowest BCUT2D eigenvalue weighted by Gasteiger charge is -2.35. The molecule has 1 unspecified atom stereocenters. The quantitative estimate of drug-likeness (QED) is 0.813. The van der Waals surface area contributed by atoms with E-state index in [2.05, 4.69) is 19.6 Å². The Labute approximate surface area is 170 Å². The van der Waals surface area contributed by atoms with Crippen molar-refractivity contribution in [2.75, 3.05) is 13.2 Å². The number of aryl methyl sites for hydroxylation is 2. The number of pyridine rings is 1. The smallest absolute Gasteiger partial charge is 0.274 e. The zero-order valence-corrected chi connectivity index (χ0v) is 17.1. The van der Waals surface area contributed by atoms with Crippen LogP contribution < -0.4 is 5.43 Å². The second-order valence-corrected chi connectivity index (χ2v) is 8.10. The number of aromatic hydroxyl groups is 1. The van der Waals surface area contributed by atoms with Gasteiger partial charge in [-0.1, -0.05) is 30.4 Å². The molecule has 6 heteroatoms. The molecule has 1 atom stereocenters. The summed E-state index contributed by atoms with van der Waals surface area (Å²) in [6.07, 6.45) is 0. The van der Waals surface area contributed by atoms with Crippen molar-refractivity contribution in [2.45, 2.75) is 46.4 Å². The molecule has 0 bridgehead atoms. The van der Waals surface area contributed by atoms with E-state index < -0.39 is 11.2 Å². The molecule has 2 aromatic rings. The lowest BCUT2D eigenvalue weighted by molar-refractivity contribution is 0.0648. The SMILES string of the molecule is C=C(C)C1COCc2c1c(=O)c(O)c1n2CCN(Cc2ccc(C)c(C)c2)C1=O. The fourth-order valence-electron chi connectivity index (χ4n) is 4.24. The molecule has 1 aromatic heterocycles. The van der Waals surface area contributed by atoms with Crippen molar-refractivity contribution in [2.24, 2.45) is 0 Å². The molecule has 3 heterocycles. The number of amides is 1. The van der Waals surface area contributed by atoms with Crippen LogP contribution in [0.5, 0.6) is 5.75 Å². The molecule has 0 radical (unpaired) electrons. The van der Waals surface area contributed by atoms with Crippen molar-refractivity contribution in [1.29, 1.82) is 0 Å². The predicted molar refractivity (Wildman–Crippen MR) is 110 cm³/mol. The van der Waals surface area contributed by atoms with Gasteiger partial charge in [-0.3, -0.25) is 9.59 Å². The number of aromatic nitrogens is 1. The molecule has 4 rings (SSSR count). The van der Waals surface area contributed by atoms with Crippen molar-refractivity contribution in [1.82, 2.24) is 9.47 Å². The first-order chi connectivity index (χ1) is 13.8. The molecule has 152 valence electrons. The van der Waals surface area contributed by atoms with Crippen LogP contribution in [0.2, 0.25) is 0 Å². The highest BCUT2D eigenvalue weighted by Gasteiger charge is 2.36. The number of benzene rings is 1. The minimum Gasteiger partial charge on any atom is -0.503 e. The van der Waals surface area contributed by atoms with Crippen LogP contribution in [0.3, 0.4) is 0 Å². The number of rotatable bonds is 3. The first-order valence-electron chi connectivity index (χ1n) is 9.86. The van der Waals surface area contributed by atoms with E-state index >= 15 is 0 Å². The number of ether oxygens (including phenoxy) is 1. The third kappa shape index (κ3) is 3.17. The van der Waals surface area contributed by atoms with Crippen molar-refractivity contribution in [3.8, 4) is 5.75 Å². The van der Waals surface area contributed by atoms with Gasteiger partial charge in [0.2, 0.25) is 5.43 Å². The number of hydrogen-bond acceptors (Lipinski definition) is 4. The van der Waals surface area contributed by atoms with E-state index in [4.69, 9.17) is 4.74 Å². The third-order valence-electron chi connectivity index (χ3n) is 6.09. The van der Waals surface area contributed by atoms with Gasteiger partial charge in [-0.05, 0) is 37.5 Å². The second kappa shape index (κ2) is 7.19. The molecule has 1 N–H and O–H groups in total. The van der Waals surface area contributed by atoms with Gasteiger partial charge in [-0.25, -0.2) is 0 Å². The van der Waals surface area contributed by atoms with Gasteiger partial charge in [-0.2, -0.15) is 0 Å². The highest BCUT2D eigenvalue weighted by Crippen LogP contribution is 2.33. The van der Waals surface area contributed by atoms with E-state index in [1.807, 2.05) is 26.0 Å². The number of fused-ring (bicyclic) bond motifs is 3. The monoisotopic (exact) mass is 394 g/mol. The molecule has 6 nitrogen and oxygen atoms in total. The summed E-state index contributed by atoms with van der Waals surface area (Å²) in [6, 6.07) is 6.12. The topological polar surface area (TPSA) is 71.8 Å². The number of nitrogens with zero attached hydrogens (tertiary/aromatic N) is 2. The van der Waals surface area contributed by atoms with Crippen LogP contribution in [0.1, 0.15) is 51.3 Å². The largest absolute Gasteiger partial charge is 0.503 e. The van der Waals surface area contributed by atoms with E-state index in [-0.39, 0.29) is 24.1 Å². The average Bonchev–Trinajstić information content (AvgIpc) is 2.69. The fourth-order valence-corrected chi connectivity index (χ4v) is 4.24. The van der Waals surface area contributed by atoms with Gasteiger partial charge in [0.15, 0.2) is 11.4 Å². The molecular formula is C23H26N2O4. The number of carbonyl (C=O) groups is 1. The van der Waals surface area contributed by atoms with Gasteiger partial charge in [0.1, 0.15) is 0 Å². The third-order valence-corrected chi connectivity index (χ3v) is 6.09. The van der Waals surface area contributed by atoms with Crippen LogP contribution in [0.25, 0.3) is 0 Å². The summed E-state index contributed by atoms with van der Waals surface area (Å²) in [7, 11) is 0. The lowest BCUT2D eigenvalue weighted by atomic mass is 9.89. The lowest BCUT2D eigenvalue weighted by Crippen LogP contribution is -2.44. The molecule has 0 fully saturated rings. The molecule has 1 amide bonds. The van der Waals surface area contributed by atoms with E-state index in [1.54, 1.807) is 9.47 Å². The molecule has 2 aliphatic rings. The van der Waals surface area contributed by atoms with Crippen LogP contribution in [0.15, 0.2) is 35.1 Å². The van der Waals surface area contributed by atoms with Crippen molar-refractivity contribution < 1.29 is 14.6 Å². The average molecular weight is 394 g/mol. The van der Waals surface area contributed by atoms with Gasteiger partial charge in [-0.15, -0.1) is 0 Å². The van der Waals surface area contributed by atoms with Gasteiger partial charge >= 0.3 is 0 Å². The molecule has 29 heavy (non-hydrogen) atoms. The molecule has 0 saturated heterocycles. The van der Waals surface area contributed by atoms with Gasteiger partial charge in [0.05, 0.1) is 18.9 Å². The van der Waals surface area contributed by atoms with Gasteiger partial charge in [0, 0.05) is 31.1 Å². The Kier molecular flexibility index (Phi) is 4.82. The summed E-state index contributed by atoms with van der Waals surface area (Å²) in [5.74, 6) is -1.06. The Morgan fingerprint density at radius 3 is 2.69 bits per heavy atom. The molecule has 0 spiro atoms. The Balaban J connectivity index is 1.75. The highest BCUT2D eigenvalue weighted by molar-refractivity contribution is 5.96. The summed E-state index contributed by atoms with van der Waals surface area (Å²) in [5.41, 5.74) is 4.98. The van der Waals surface area contributed by atoms with Crippen LogP contribution >= 0.6 is 0 Å². The normalized spacial score (nSPS) is 18.4. The van der Waals surface area contributed by atoms with E-state index in [1.165, 1.54) is 11.1 Å². The highest BCUT2D eigenvalue weighted by atomic mass is 16.5.